The minimum absolute atomic E-state index is 0.252. The van der Waals surface area contributed by atoms with Crippen LogP contribution in [0.15, 0.2) is 11.4 Å². The zero-order valence-corrected chi connectivity index (χ0v) is 12.8. The van der Waals surface area contributed by atoms with Gasteiger partial charge in [-0.05, 0) is 37.8 Å². The summed E-state index contributed by atoms with van der Waals surface area (Å²) in [7, 11) is 0. The Labute approximate surface area is 120 Å². The highest BCUT2D eigenvalue weighted by molar-refractivity contribution is 7.99. The van der Waals surface area contributed by atoms with Gasteiger partial charge in [-0.25, -0.2) is 5.84 Å². The summed E-state index contributed by atoms with van der Waals surface area (Å²) < 4.78 is 5.20. The van der Waals surface area contributed by atoms with Gasteiger partial charge in [0.15, 0.2) is 0 Å². The maximum Gasteiger partial charge on any atom is 0.316 e. The van der Waals surface area contributed by atoms with Gasteiger partial charge in [0.05, 0.1) is 10.6 Å². The highest BCUT2D eigenvalue weighted by Crippen LogP contribution is 2.22. The third-order valence-electron chi connectivity index (χ3n) is 1.98. The molecule has 7 heteroatoms. The standard InChI is InChI=1S/C12H18N2O3S2/c1-12(2,3)17-9(15)7-18-6-8-4-5-19-10(8)11(16)14-13/h4-5H,6-7,13H2,1-3H3,(H,14,16). The van der Waals surface area contributed by atoms with Crippen molar-refractivity contribution in [3.8, 4) is 0 Å². The van der Waals surface area contributed by atoms with E-state index in [0.29, 0.717) is 10.6 Å². The number of carbonyl (C=O) groups excluding carboxylic acids is 2. The first-order valence-corrected chi connectivity index (χ1v) is 7.74. The van der Waals surface area contributed by atoms with E-state index in [0.717, 1.165) is 5.56 Å². The molecule has 1 rings (SSSR count). The topological polar surface area (TPSA) is 81.4 Å². The number of carbonyl (C=O) groups is 2. The van der Waals surface area contributed by atoms with Gasteiger partial charge in [0.2, 0.25) is 0 Å². The predicted molar refractivity (Wildman–Crippen MR) is 78.0 cm³/mol. The van der Waals surface area contributed by atoms with Crippen molar-refractivity contribution < 1.29 is 14.3 Å². The number of hydrogen-bond donors (Lipinski definition) is 2. The van der Waals surface area contributed by atoms with Gasteiger partial charge in [-0.1, -0.05) is 0 Å². The first-order valence-electron chi connectivity index (χ1n) is 5.70. The Morgan fingerprint density at radius 2 is 2.16 bits per heavy atom. The van der Waals surface area contributed by atoms with E-state index in [9.17, 15) is 9.59 Å². The molecule has 19 heavy (non-hydrogen) atoms. The molecule has 1 heterocycles. The highest BCUT2D eigenvalue weighted by atomic mass is 32.2. The molecule has 0 saturated heterocycles. The van der Waals surface area contributed by atoms with Gasteiger partial charge >= 0.3 is 5.97 Å². The second kappa shape index (κ2) is 6.93. The van der Waals surface area contributed by atoms with Crippen molar-refractivity contribution in [2.75, 3.05) is 5.75 Å². The normalized spacial score (nSPS) is 11.2. The molecule has 0 spiro atoms. The molecule has 0 fully saturated rings. The third-order valence-corrected chi connectivity index (χ3v) is 3.89. The average Bonchev–Trinajstić information content (AvgIpc) is 2.74. The van der Waals surface area contributed by atoms with E-state index in [4.69, 9.17) is 10.6 Å². The minimum atomic E-state index is -0.468. The molecule has 0 aliphatic rings. The van der Waals surface area contributed by atoms with Gasteiger partial charge in [-0.3, -0.25) is 15.0 Å². The lowest BCUT2D eigenvalue weighted by molar-refractivity contribution is -0.151. The molecule has 5 nitrogen and oxygen atoms in total. The Morgan fingerprint density at radius 1 is 1.47 bits per heavy atom. The van der Waals surface area contributed by atoms with Crippen molar-refractivity contribution in [3.05, 3.63) is 21.9 Å². The van der Waals surface area contributed by atoms with Crippen LogP contribution in [-0.4, -0.2) is 23.2 Å². The summed E-state index contributed by atoms with van der Waals surface area (Å²) in [5.74, 6) is 5.39. The van der Waals surface area contributed by atoms with Crippen LogP contribution in [-0.2, 0) is 15.3 Å². The summed E-state index contributed by atoms with van der Waals surface area (Å²) in [5.41, 5.74) is 2.52. The van der Waals surface area contributed by atoms with Gasteiger partial charge in [-0.2, -0.15) is 0 Å². The SMILES string of the molecule is CC(C)(C)OC(=O)CSCc1ccsc1C(=O)NN. The molecule has 1 amide bonds. The summed E-state index contributed by atoms with van der Waals surface area (Å²) in [4.78, 5) is 23.6. The molecule has 0 saturated carbocycles. The number of nitrogens with one attached hydrogen (secondary N) is 1. The van der Waals surface area contributed by atoms with Crippen LogP contribution < -0.4 is 11.3 Å². The monoisotopic (exact) mass is 302 g/mol. The molecular weight excluding hydrogens is 284 g/mol. The summed E-state index contributed by atoms with van der Waals surface area (Å²) in [6.07, 6.45) is 0. The van der Waals surface area contributed by atoms with Crippen molar-refractivity contribution in [1.82, 2.24) is 5.43 Å². The fourth-order valence-corrected chi connectivity index (χ4v) is 3.03. The van der Waals surface area contributed by atoms with Crippen LogP contribution in [0.4, 0.5) is 0 Å². The lowest BCUT2D eigenvalue weighted by Crippen LogP contribution is -2.29. The van der Waals surface area contributed by atoms with Crippen molar-refractivity contribution in [3.63, 3.8) is 0 Å². The smallest absolute Gasteiger partial charge is 0.316 e. The van der Waals surface area contributed by atoms with E-state index in [1.54, 1.807) is 0 Å². The molecule has 0 atom stereocenters. The summed E-state index contributed by atoms with van der Waals surface area (Å²) in [5, 5.41) is 1.83. The van der Waals surface area contributed by atoms with Crippen molar-refractivity contribution in [2.24, 2.45) is 5.84 Å². The lowest BCUT2D eigenvalue weighted by Gasteiger charge is -2.19. The van der Waals surface area contributed by atoms with E-state index in [1.165, 1.54) is 23.1 Å². The molecule has 0 aromatic carbocycles. The first-order chi connectivity index (χ1) is 8.83. The highest BCUT2D eigenvalue weighted by Gasteiger charge is 2.17. The van der Waals surface area contributed by atoms with Gasteiger partial charge in [0.25, 0.3) is 5.91 Å². The van der Waals surface area contributed by atoms with Crippen LogP contribution in [0.5, 0.6) is 0 Å². The molecule has 3 N–H and O–H groups in total. The summed E-state index contributed by atoms with van der Waals surface area (Å²) in [6.45, 7) is 5.49. The Morgan fingerprint density at radius 3 is 2.74 bits per heavy atom. The zero-order valence-electron chi connectivity index (χ0n) is 11.2. The largest absolute Gasteiger partial charge is 0.459 e. The van der Waals surface area contributed by atoms with Gasteiger partial charge in [0.1, 0.15) is 5.60 Å². The lowest BCUT2D eigenvalue weighted by atomic mass is 10.2. The second-order valence-corrected chi connectivity index (χ2v) is 6.73. The quantitative estimate of drug-likeness (QED) is 0.376. The molecule has 0 unspecified atom stereocenters. The molecule has 0 radical (unpaired) electrons. The molecule has 0 bridgehead atoms. The Hall–Kier alpha value is -1.05. The third kappa shape index (κ3) is 5.63. The molecule has 0 aliphatic carbocycles. The number of nitrogen functional groups attached to an aromatic ring is 1. The Balaban J connectivity index is 2.44. The second-order valence-electron chi connectivity index (χ2n) is 4.83. The Bertz CT molecular complexity index is 452. The maximum atomic E-state index is 11.5. The zero-order chi connectivity index (χ0) is 14.5. The van der Waals surface area contributed by atoms with Crippen molar-refractivity contribution in [1.29, 1.82) is 0 Å². The van der Waals surface area contributed by atoms with Crippen LogP contribution >= 0.6 is 23.1 Å². The van der Waals surface area contributed by atoms with Crippen molar-refractivity contribution in [2.45, 2.75) is 32.1 Å². The van der Waals surface area contributed by atoms with Gasteiger partial charge in [-0.15, -0.1) is 23.1 Å². The Kier molecular flexibility index (Phi) is 5.84. The number of nitrogens with two attached hydrogens (primary N) is 1. The fourth-order valence-electron chi connectivity index (χ4n) is 1.33. The van der Waals surface area contributed by atoms with E-state index in [1.807, 2.05) is 32.2 Å². The van der Waals surface area contributed by atoms with Crippen LogP contribution in [0, 0.1) is 0 Å². The van der Waals surface area contributed by atoms with Gasteiger partial charge < -0.3 is 4.74 Å². The summed E-state index contributed by atoms with van der Waals surface area (Å²) >= 11 is 2.74. The average molecular weight is 302 g/mol. The van der Waals surface area contributed by atoms with Crippen LogP contribution in [0.25, 0.3) is 0 Å². The van der Waals surface area contributed by atoms with Crippen LogP contribution in [0.3, 0.4) is 0 Å². The number of hydrazine groups is 1. The number of thioether (sulfide) groups is 1. The van der Waals surface area contributed by atoms with E-state index in [-0.39, 0.29) is 17.6 Å². The fraction of sp³-hybridized carbons (Fsp3) is 0.500. The number of esters is 1. The number of amides is 1. The number of thiophene rings is 1. The number of rotatable bonds is 5. The molecular formula is C12H18N2O3S2. The van der Waals surface area contributed by atoms with Crippen LogP contribution in [0.1, 0.15) is 36.0 Å². The number of hydrogen-bond acceptors (Lipinski definition) is 6. The van der Waals surface area contributed by atoms with E-state index in [2.05, 4.69) is 5.43 Å². The summed E-state index contributed by atoms with van der Waals surface area (Å²) in [6, 6.07) is 1.86. The van der Waals surface area contributed by atoms with Crippen molar-refractivity contribution >= 4 is 35.0 Å². The number of ether oxygens (including phenoxy) is 1. The maximum absolute atomic E-state index is 11.5. The van der Waals surface area contributed by atoms with Gasteiger partial charge in [0, 0.05) is 5.75 Å². The molecule has 1 aromatic heterocycles. The predicted octanol–water partition coefficient (Wildman–Crippen LogP) is 1.93. The molecule has 106 valence electrons. The van der Waals surface area contributed by atoms with Crippen LogP contribution in [0.2, 0.25) is 0 Å². The molecule has 0 aliphatic heterocycles. The minimum Gasteiger partial charge on any atom is -0.459 e. The first kappa shape index (κ1) is 16.0. The molecule has 1 aromatic rings. The van der Waals surface area contributed by atoms with E-state index >= 15 is 0 Å². The van der Waals surface area contributed by atoms with E-state index < -0.39 is 5.60 Å².